The summed E-state index contributed by atoms with van der Waals surface area (Å²) in [6, 6.07) is 3.64. The first-order chi connectivity index (χ1) is 7.83. The summed E-state index contributed by atoms with van der Waals surface area (Å²) in [6.45, 7) is 6.63. The highest BCUT2D eigenvalue weighted by atomic mass is 35.5. The van der Waals surface area contributed by atoms with Gasteiger partial charge in [0.2, 0.25) is 0 Å². The first kappa shape index (κ1) is 14.3. The maximum absolute atomic E-state index is 6.27. The molecule has 0 saturated heterocycles. The fraction of sp³-hybridized carbons (Fsp3) is 0.538. The van der Waals surface area contributed by atoms with E-state index in [9.17, 15) is 0 Å². The van der Waals surface area contributed by atoms with Crippen LogP contribution >= 0.6 is 11.6 Å². The van der Waals surface area contributed by atoms with Crippen LogP contribution in [0.3, 0.4) is 0 Å². The highest BCUT2D eigenvalue weighted by molar-refractivity contribution is 6.32. The fourth-order valence-corrected chi connectivity index (χ4v) is 1.96. The van der Waals surface area contributed by atoms with Crippen molar-refractivity contribution >= 4 is 11.6 Å². The molecule has 0 heterocycles. The Labute approximate surface area is 108 Å². The van der Waals surface area contributed by atoms with Crippen LogP contribution in [-0.2, 0) is 0 Å². The zero-order chi connectivity index (χ0) is 13.2. The van der Waals surface area contributed by atoms with E-state index in [2.05, 4.69) is 13.8 Å². The van der Waals surface area contributed by atoms with Crippen molar-refractivity contribution in [2.45, 2.75) is 26.8 Å². The standard InChI is InChI=1S/C13H21ClN2O/c1-8-5-11(17-4)10(14)6-9(8)12(16)13(2,3)7-15/h5-6,12H,7,15-16H2,1-4H3. The number of hydrogen-bond acceptors (Lipinski definition) is 3. The van der Waals surface area contributed by atoms with Crippen molar-refractivity contribution < 1.29 is 4.74 Å². The van der Waals surface area contributed by atoms with Crippen molar-refractivity contribution in [3.63, 3.8) is 0 Å². The molecule has 17 heavy (non-hydrogen) atoms. The largest absolute Gasteiger partial charge is 0.495 e. The normalized spacial score (nSPS) is 13.6. The molecule has 1 unspecified atom stereocenters. The van der Waals surface area contributed by atoms with E-state index >= 15 is 0 Å². The van der Waals surface area contributed by atoms with Gasteiger partial charge in [-0.1, -0.05) is 25.4 Å². The number of methoxy groups -OCH3 is 1. The number of halogens is 1. The van der Waals surface area contributed by atoms with Crippen LogP contribution in [0.4, 0.5) is 0 Å². The molecule has 0 aliphatic carbocycles. The Hall–Kier alpha value is -0.770. The van der Waals surface area contributed by atoms with Crippen LogP contribution in [-0.4, -0.2) is 13.7 Å². The molecule has 0 fully saturated rings. The van der Waals surface area contributed by atoms with Crippen molar-refractivity contribution in [3.8, 4) is 5.75 Å². The molecule has 0 radical (unpaired) electrons. The summed E-state index contributed by atoms with van der Waals surface area (Å²) in [5, 5.41) is 0.580. The van der Waals surface area contributed by atoms with E-state index in [-0.39, 0.29) is 11.5 Å². The fourth-order valence-electron chi connectivity index (χ4n) is 1.71. The Balaban J connectivity index is 3.19. The summed E-state index contributed by atoms with van der Waals surface area (Å²) in [7, 11) is 1.60. The zero-order valence-corrected chi connectivity index (χ0v) is 11.6. The van der Waals surface area contributed by atoms with Gasteiger partial charge in [0.1, 0.15) is 5.75 Å². The molecule has 0 bridgehead atoms. The molecule has 1 aromatic rings. The Morgan fingerprint density at radius 2 is 2.00 bits per heavy atom. The Morgan fingerprint density at radius 1 is 1.41 bits per heavy atom. The maximum atomic E-state index is 6.27. The van der Waals surface area contributed by atoms with Gasteiger partial charge in [0.05, 0.1) is 12.1 Å². The Morgan fingerprint density at radius 3 is 2.47 bits per heavy atom. The molecule has 96 valence electrons. The molecule has 3 nitrogen and oxygen atoms in total. The maximum Gasteiger partial charge on any atom is 0.137 e. The number of ether oxygens (including phenoxy) is 1. The lowest BCUT2D eigenvalue weighted by atomic mass is 9.80. The van der Waals surface area contributed by atoms with Crippen LogP contribution in [0.5, 0.6) is 5.75 Å². The third-order valence-electron chi connectivity index (χ3n) is 3.24. The summed E-state index contributed by atoms with van der Waals surface area (Å²) < 4.78 is 5.18. The molecule has 0 saturated carbocycles. The first-order valence-electron chi connectivity index (χ1n) is 5.63. The molecule has 0 aromatic heterocycles. The van der Waals surface area contributed by atoms with E-state index in [0.29, 0.717) is 17.3 Å². The predicted octanol–water partition coefficient (Wildman–Crippen LogP) is 2.64. The Bertz CT molecular complexity index is 405. The molecule has 0 aliphatic rings. The number of nitrogens with two attached hydrogens (primary N) is 2. The minimum Gasteiger partial charge on any atom is -0.495 e. The van der Waals surface area contributed by atoms with Crippen molar-refractivity contribution in [1.82, 2.24) is 0 Å². The molecule has 4 heteroatoms. The monoisotopic (exact) mass is 256 g/mol. The van der Waals surface area contributed by atoms with Gasteiger partial charge in [-0.15, -0.1) is 0 Å². The highest BCUT2D eigenvalue weighted by Gasteiger charge is 2.27. The van der Waals surface area contributed by atoms with Gasteiger partial charge in [-0.3, -0.25) is 0 Å². The number of benzene rings is 1. The van der Waals surface area contributed by atoms with E-state index in [4.69, 9.17) is 27.8 Å². The highest BCUT2D eigenvalue weighted by Crippen LogP contribution is 2.36. The van der Waals surface area contributed by atoms with Gasteiger partial charge < -0.3 is 16.2 Å². The van der Waals surface area contributed by atoms with Gasteiger partial charge in [-0.2, -0.15) is 0 Å². The topological polar surface area (TPSA) is 61.3 Å². The summed E-state index contributed by atoms with van der Waals surface area (Å²) in [5.74, 6) is 0.672. The SMILES string of the molecule is COc1cc(C)c(C(N)C(C)(C)CN)cc1Cl. The van der Waals surface area contributed by atoms with E-state index in [1.165, 1.54) is 0 Å². The lowest BCUT2D eigenvalue weighted by Gasteiger charge is -2.31. The Kier molecular flexibility index (Phi) is 4.42. The molecule has 0 amide bonds. The van der Waals surface area contributed by atoms with Crippen LogP contribution < -0.4 is 16.2 Å². The van der Waals surface area contributed by atoms with E-state index in [1.807, 2.05) is 19.1 Å². The smallest absolute Gasteiger partial charge is 0.137 e. The second-order valence-electron chi connectivity index (χ2n) is 5.01. The summed E-state index contributed by atoms with van der Waals surface area (Å²) in [5.41, 5.74) is 13.9. The summed E-state index contributed by atoms with van der Waals surface area (Å²) >= 11 is 6.13. The quantitative estimate of drug-likeness (QED) is 0.871. The van der Waals surface area contributed by atoms with Crippen LogP contribution in [0, 0.1) is 12.3 Å². The molecule has 0 aliphatic heterocycles. The van der Waals surface area contributed by atoms with Gasteiger partial charge in [0, 0.05) is 6.04 Å². The van der Waals surface area contributed by atoms with Crippen molar-refractivity contribution in [2.75, 3.05) is 13.7 Å². The minimum absolute atomic E-state index is 0.143. The molecule has 1 atom stereocenters. The minimum atomic E-state index is -0.164. The summed E-state index contributed by atoms with van der Waals surface area (Å²) in [6.07, 6.45) is 0. The molecule has 1 aromatic carbocycles. The molecule has 0 spiro atoms. The number of aryl methyl sites for hydroxylation is 1. The first-order valence-corrected chi connectivity index (χ1v) is 6.01. The van der Waals surface area contributed by atoms with Gasteiger partial charge in [0.15, 0.2) is 0 Å². The summed E-state index contributed by atoms with van der Waals surface area (Å²) in [4.78, 5) is 0. The van der Waals surface area contributed by atoms with Crippen LogP contribution in [0.15, 0.2) is 12.1 Å². The average molecular weight is 257 g/mol. The molecular weight excluding hydrogens is 236 g/mol. The van der Waals surface area contributed by atoms with Gasteiger partial charge in [0.25, 0.3) is 0 Å². The van der Waals surface area contributed by atoms with E-state index in [1.54, 1.807) is 7.11 Å². The van der Waals surface area contributed by atoms with Gasteiger partial charge in [-0.25, -0.2) is 0 Å². The van der Waals surface area contributed by atoms with Gasteiger partial charge in [-0.05, 0) is 42.1 Å². The predicted molar refractivity (Wildman–Crippen MR) is 72.5 cm³/mol. The third-order valence-corrected chi connectivity index (χ3v) is 3.54. The van der Waals surface area contributed by atoms with Crippen LogP contribution in [0.25, 0.3) is 0 Å². The second kappa shape index (κ2) is 5.25. The van der Waals surface area contributed by atoms with Gasteiger partial charge >= 0.3 is 0 Å². The van der Waals surface area contributed by atoms with Crippen molar-refractivity contribution in [1.29, 1.82) is 0 Å². The van der Waals surface area contributed by atoms with Crippen molar-refractivity contribution in [3.05, 3.63) is 28.3 Å². The van der Waals surface area contributed by atoms with Crippen LogP contribution in [0.1, 0.15) is 31.0 Å². The van der Waals surface area contributed by atoms with E-state index < -0.39 is 0 Å². The third kappa shape index (κ3) is 2.92. The van der Waals surface area contributed by atoms with Crippen LogP contribution in [0.2, 0.25) is 5.02 Å². The lowest BCUT2D eigenvalue weighted by molar-refractivity contribution is 0.300. The average Bonchev–Trinajstić information content (AvgIpc) is 2.30. The number of hydrogen-bond donors (Lipinski definition) is 2. The molecular formula is C13H21ClN2O. The zero-order valence-electron chi connectivity index (χ0n) is 10.9. The molecule has 1 rings (SSSR count). The van der Waals surface area contributed by atoms with E-state index in [0.717, 1.165) is 11.1 Å². The lowest BCUT2D eigenvalue weighted by Crippen LogP contribution is -2.36. The molecule has 4 N–H and O–H groups in total. The van der Waals surface area contributed by atoms with Crippen molar-refractivity contribution in [2.24, 2.45) is 16.9 Å². The number of rotatable bonds is 4. The second-order valence-corrected chi connectivity index (χ2v) is 5.42.